The fraction of sp³-hybridized carbons (Fsp3) is 0.333. The molecule has 1 aliphatic heterocycles. The van der Waals surface area contributed by atoms with Crippen LogP contribution in [0.25, 0.3) is 11.3 Å². The zero-order chi connectivity index (χ0) is 17.1. The first kappa shape index (κ1) is 16.4. The van der Waals surface area contributed by atoms with Gasteiger partial charge in [0.15, 0.2) is 0 Å². The number of aliphatic hydroxyl groups is 1. The molecule has 24 heavy (non-hydrogen) atoms. The second-order valence-corrected chi connectivity index (χ2v) is 6.02. The van der Waals surface area contributed by atoms with Crippen LogP contribution in [0.5, 0.6) is 0 Å². The molecule has 0 unspecified atom stereocenters. The van der Waals surface area contributed by atoms with E-state index in [0.29, 0.717) is 24.6 Å². The molecule has 2 heterocycles. The average Bonchev–Trinajstić information content (AvgIpc) is 2.62. The van der Waals surface area contributed by atoms with E-state index < -0.39 is 5.97 Å². The van der Waals surface area contributed by atoms with Gasteiger partial charge in [0, 0.05) is 25.3 Å². The number of nitrogens with zero attached hydrogens (tertiary/aromatic N) is 2. The largest absolute Gasteiger partial charge is 0.478 e. The third-order valence-corrected chi connectivity index (χ3v) is 4.32. The number of rotatable bonds is 4. The van der Waals surface area contributed by atoms with E-state index >= 15 is 0 Å². The molecule has 1 atom stereocenters. The lowest BCUT2D eigenvalue weighted by molar-refractivity contribution is 0.0697. The van der Waals surface area contributed by atoms with Crippen molar-refractivity contribution < 1.29 is 19.4 Å². The summed E-state index contributed by atoms with van der Waals surface area (Å²) in [5.74, 6) is -0.837. The molecule has 0 amide bonds. The average molecular weight is 330 g/mol. The van der Waals surface area contributed by atoms with E-state index in [0.717, 1.165) is 18.4 Å². The zero-order valence-electron chi connectivity index (χ0n) is 13.2. The molecule has 1 fully saturated rings. The van der Waals surface area contributed by atoms with E-state index in [1.165, 1.54) is 18.2 Å². The maximum atomic E-state index is 13.1. The number of hydrogen-bond acceptors (Lipinski definition) is 4. The first-order chi connectivity index (χ1) is 11.6. The van der Waals surface area contributed by atoms with Crippen molar-refractivity contribution in [1.82, 2.24) is 4.98 Å². The number of carboxylic acid groups (broad SMARTS) is 1. The van der Waals surface area contributed by atoms with Crippen molar-refractivity contribution in [3.63, 3.8) is 0 Å². The van der Waals surface area contributed by atoms with E-state index in [1.54, 1.807) is 18.2 Å². The topological polar surface area (TPSA) is 73.7 Å². The van der Waals surface area contributed by atoms with Gasteiger partial charge in [0.2, 0.25) is 0 Å². The summed E-state index contributed by atoms with van der Waals surface area (Å²) in [4.78, 5) is 18.0. The highest BCUT2D eigenvalue weighted by atomic mass is 19.1. The van der Waals surface area contributed by atoms with E-state index in [1.807, 2.05) is 4.90 Å². The molecule has 6 heteroatoms. The molecule has 1 aromatic carbocycles. The molecule has 0 aliphatic carbocycles. The Hall–Kier alpha value is -2.47. The smallest absolute Gasteiger partial charge is 0.339 e. The van der Waals surface area contributed by atoms with Crippen molar-refractivity contribution >= 4 is 11.8 Å². The number of piperidine rings is 1. The highest BCUT2D eigenvalue weighted by Gasteiger charge is 2.24. The lowest BCUT2D eigenvalue weighted by Crippen LogP contribution is -2.38. The van der Waals surface area contributed by atoms with Crippen LogP contribution in [0.2, 0.25) is 0 Å². The minimum absolute atomic E-state index is 0.0799. The normalized spacial score (nSPS) is 17.8. The number of halogens is 1. The summed E-state index contributed by atoms with van der Waals surface area (Å²) in [6, 6.07) is 9.11. The highest BCUT2D eigenvalue weighted by Crippen LogP contribution is 2.28. The van der Waals surface area contributed by atoms with E-state index in [4.69, 9.17) is 0 Å². The standard InChI is InChI=1S/C18H19FN2O3/c19-14-5-3-13(4-6-14)16-8-7-15(18(23)24)17(20-16)21-9-1-2-12(10-21)11-22/h3-8,12,22H,1-2,9-11H2,(H,23,24)/t12-/m1/s1. The molecule has 3 rings (SSSR count). The lowest BCUT2D eigenvalue weighted by Gasteiger charge is -2.33. The number of aromatic nitrogens is 1. The molecule has 0 radical (unpaired) electrons. The Balaban J connectivity index is 2.00. The number of aromatic carboxylic acids is 1. The Kier molecular flexibility index (Phi) is 4.76. The van der Waals surface area contributed by atoms with Gasteiger partial charge >= 0.3 is 5.97 Å². The number of benzene rings is 1. The van der Waals surface area contributed by atoms with E-state index in [9.17, 15) is 19.4 Å². The fourth-order valence-electron chi connectivity index (χ4n) is 3.04. The minimum atomic E-state index is -1.03. The third kappa shape index (κ3) is 3.38. The third-order valence-electron chi connectivity index (χ3n) is 4.32. The molecule has 126 valence electrons. The highest BCUT2D eigenvalue weighted by molar-refractivity contribution is 5.94. The summed E-state index contributed by atoms with van der Waals surface area (Å²) < 4.78 is 13.1. The van der Waals surface area contributed by atoms with Crippen LogP contribution >= 0.6 is 0 Å². The monoisotopic (exact) mass is 330 g/mol. The lowest BCUT2D eigenvalue weighted by atomic mass is 9.98. The molecule has 2 aromatic rings. The van der Waals surface area contributed by atoms with E-state index in [2.05, 4.69) is 4.98 Å². The molecule has 1 saturated heterocycles. The van der Waals surface area contributed by atoms with Gasteiger partial charge in [0.25, 0.3) is 0 Å². The van der Waals surface area contributed by atoms with Gasteiger partial charge < -0.3 is 15.1 Å². The van der Waals surface area contributed by atoms with Crippen LogP contribution in [0, 0.1) is 11.7 Å². The predicted molar refractivity (Wildman–Crippen MR) is 88.6 cm³/mol. The molecule has 0 bridgehead atoms. The van der Waals surface area contributed by atoms with Gasteiger partial charge in [-0.05, 0) is 55.2 Å². The molecule has 0 spiro atoms. The summed E-state index contributed by atoms with van der Waals surface area (Å²) in [5, 5.41) is 18.8. The Bertz CT molecular complexity index is 734. The van der Waals surface area contributed by atoms with Crippen molar-refractivity contribution in [2.75, 3.05) is 24.6 Å². The number of aliphatic hydroxyl groups excluding tert-OH is 1. The van der Waals surface area contributed by atoms with Crippen molar-refractivity contribution in [3.05, 3.63) is 47.8 Å². The summed E-state index contributed by atoms with van der Waals surface area (Å²) in [6.07, 6.45) is 1.81. The first-order valence-corrected chi connectivity index (χ1v) is 7.94. The van der Waals surface area contributed by atoms with Gasteiger partial charge in [-0.1, -0.05) is 0 Å². The second kappa shape index (κ2) is 6.97. The van der Waals surface area contributed by atoms with Gasteiger partial charge in [0.1, 0.15) is 17.2 Å². The van der Waals surface area contributed by atoms with Gasteiger partial charge in [-0.2, -0.15) is 0 Å². The van der Waals surface area contributed by atoms with Crippen LogP contribution in [0.15, 0.2) is 36.4 Å². The number of hydrogen-bond donors (Lipinski definition) is 2. The minimum Gasteiger partial charge on any atom is -0.478 e. The molecule has 1 aliphatic rings. The molecule has 2 N–H and O–H groups in total. The first-order valence-electron chi connectivity index (χ1n) is 7.94. The Morgan fingerprint density at radius 1 is 1.25 bits per heavy atom. The quantitative estimate of drug-likeness (QED) is 0.902. The predicted octanol–water partition coefficient (Wildman–Crippen LogP) is 2.79. The summed E-state index contributed by atoms with van der Waals surface area (Å²) in [7, 11) is 0. The number of pyridine rings is 1. The van der Waals surface area contributed by atoms with Gasteiger partial charge in [-0.3, -0.25) is 0 Å². The van der Waals surface area contributed by atoms with Crippen LogP contribution < -0.4 is 4.90 Å². The van der Waals surface area contributed by atoms with Crippen LogP contribution in [0.1, 0.15) is 23.2 Å². The number of anilines is 1. The molecular formula is C18H19FN2O3. The van der Waals surface area contributed by atoms with Crippen molar-refractivity contribution in [2.24, 2.45) is 5.92 Å². The molecule has 5 nitrogen and oxygen atoms in total. The fourth-order valence-corrected chi connectivity index (χ4v) is 3.04. The van der Waals surface area contributed by atoms with Crippen LogP contribution in [-0.2, 0) is 0 Å². The van der Waals surface area contributed by atoms with Crippen LogP contribution in [-0.4, -0.2) is 40.9 Å². The van der Waals surface area contributed by atoms with Crippen LogP contribution in [0.3, 0.4) is 0 Å². The molecule has 1 aromatic heterocycles. The Morgan fingerprint density at radius 3 is 2.67 bits per heavy atom. The summed E-state index contributed by atoms with van der Waals surface area (Å²) in [6.45, 7) is 1.36. The zero-order valence-corrected chi connectivity index (χ0v) is 13.2. The molecule has 0 saturated carbocycles. The Morgan fingerprint density at radius 2 is 2.00 bits per heavy atom. The summed E-state index contributed by atoms with van der Waals surface area (Å²) >= 11 is 0. The van der Waals surface area contributed by atoms with Gasteiger partial charge in [-0.25, -0.2) is 14.2 Å². The molecular weight excluding hydrogens is 311 g/mol. The van der Waals surface area contributed by atoms with E-state index in [-0.39, 0.29) is 23.9 Å². The van der Waals surface area contributed by atoms with Crippen molar-refractivity contribution in [1.29, 1.82) is 0 Å². The maximum Gasteiger partial charge on any atom is 0.339 e. The Labute approximate surface area is 139 Å². The second-order valence-electron chi connectivity index (χ2n) is 6.02. The van der Waals surface area contributed by atoms with Crippen LogP contribution in [0.4, 0.5) is 10.2 Å². The SMILES string of the molecule is O=C(O)c1ccc(-c2ccc(F)cc2)nc1N1CCC[C@@H](CO)C1. The van der Waals surface area contributed by atoms with Crippen molar-refractivity contribution in [2.45, 2.75) is 12.8 Å². The number of carbonyl (C=O) groups is 1. The summed E-state index contributed by atoms with van der Waals surface area (Å²) in [5.41, 5.74) is 1.46. The van der Waals surface area contributed by atoms with Gasteiger partial charge in [-0.15, -0.1) is 0 Å². The van der Waals surface area contributed by atoms with Crippen molar-refractivity contribution in [3.8, 4) is 11.3 Å². The number of carboxylic acids is 1. The maximum absolute atomic E-state index is 13.1. The van der Waals surface area contributed by atoms with Gasteiger partial charge in [0.05, 0.1) is 5.69 Å².